The van der Waals surface area contributed by atoms with Crippen molar-refractivity contribution in [2.24, 2.45) is 0 Å². The molecule has 0 fully saturated rings. The van der Waals surface area contributed by atoms with E-state index in [-0.39, 0.29) is 32.0 Å². The number of hydrogen-bond acceptors (Lipinski definition) is 6. The first-order valence-electron chi connectivity index (χ1n) is 10.4. The fourth-order valence-corrected chi connectivity index (χ4v) is 3.95. The molecule has 3 aromatic carbocycles. The van der Waals surface area contributed by atoms with Gasteiger partial charge in [-0.3, -0.25) is 14.4 Å². The van der Waals surface area contributed by atoms with Crippen molar-refractivity contribution in [2.45, 2.75) is 0 Å². The van der Waals surface area contributed by atoms with Crippen LogP contribution in [0.25, 0.3) is 0 Å². The van der Waals surface area contributed by atoms with Gasteiger partial charge in [-0.1, -0.05) is 40.9 Å². The lowest BCUT2D eigenvalue weighted by Gasteiger charge is -2.16. The Bertz CT molecular complexity index is 1420. The van der Waals surface area contributed by atoms with Gasteiger partial charge in [-0.2, -0.15) is 0 Å². The molecule has 184 valence electrons. The minimum atomic E-state index is -0.719. The smallest absolute Gasteiger partial charge is 0.283 e. The molecule has 1 aliphatic heterocycles. The number of ether oxygens (including phenoxy) is 2. The number of hydrogen-bond donors (Lipinski definition) is 2. The van der Waals surface area contributed by atoms with Crippen LogP contribution in [0.3, 0.4) is 0 Å². The molecule has 8 nitrogen and oxygen atoms in total. The number of halogens is 3. The highest BCUT2D eigenvalue weighted by molar-refractivity contribution is 6.53. The summed E-state index contributed by atoms with van der Waals surface area (Å²) in [6.07, 6.45) is 0. The van der Waals surface area contributed by atoms with Gasteiger partial charge in [-0.05, 0) is 48.5 Å². The van der Waals surface area contributed by atoms with Gasteiger partial charge in [0.1, 0.15) is 22.2 Å². The number of methoxy groups -OCH3 is 2. The molecular weight excluding hydrogens is 529 g/mol. The summed E-state index contributed by atoms with van der Waals surface area (Å²) in [5.41, 5.74) is 1.18. The lowest BCUT2D eigenvalue weighted by atomic mass is 10.1. The Kier molecular flexibility index (Phi) is 7.40. The molecule has 0 spiro atoms. The number of anilines is 3. The summed E-state index contributed by atoms with van der Waals surface area (Å²) in [4.78, 5) is 39.5. The van der Waals surface area contributed by atoms with E-state index in [1.165, 1.54) is 38.5 Å². The Morgan fingerprint density at radius 1 is 0.861 bits per heavy atom. The van der Waals surface area contributed by atoms with E-state index in [9.17, 15) is 14.4 Å². The predicted octanol–water partition coefficient (Wildman–Crippen LogP) is 5.70. The zero-order chi connectivity index (χ0) is 26.0. The van der Waals surface area contributed by atoms with Crippen LogP contribution < -0.4 is 25.0 Å². The van der Waals surface area contributed by atoms with Crippen LogP contribution >= 0.6 is 34.8 Å². The Labute approximate surface area is 221 Å². The Hall–Kier alpha value is -3.72. The molecule has 0 aliphatic carbocycles. The van der Waals surface area contributed by atoms with Crippen molar-refractivity contribution in [3.8, 4) is 11.5 Å². The molecule has 1 aliphatic rings. The third kappa shape index (κ3) is 4.97. The molecule has 0 atom stereocenters. The highest BCUT2D eigenvalue weighted by Gasteiger charge is 2.39. The van der Waals surface area contributed by atoms with E-state index < -0.39 is 17.7 Å². The summed E-state index contributed by atoms with van der Waals surface area (Å²) >= 11 is 18.2. The molecule has 11 heteroatoms. The first-order valence-corrected chi connectivity index (χ1v) is 11.5. The van der Waals surface area contributed by atoms with Gasteiger partial charge < -0.3 is 20.1 Å². The van der Waals surface area contributed by atoms with E-state index in [2.05, 4.69) is 10.6 Å². The lowest BCUT2D eigenvalue weighted by molar-refractivity contribution is -0.120. The fourth-order valence-electron chi connectivity index (χ4n) is 3.45. The monoisotopic (exact) mass is 545 g/mol. The van der Waals surface area contributed by atoms with Crippen molar-refractivity contribution in [1.82, 2.24) is 0 Å². The second kappa shape index (κ2) is 10.5. The highest BCUT2D eigenvalue weighted by Crippen LogP contribution is 2.34. The first-order chi connectivity index (χ1) is 17.2. The molecule has 3 aromatic rings. The summed E-state index contributed by atoms with van der Waals surface area (Å²) in [6.45, 7) is 0. The molecule has 0 bridgehead atoms. The van der Waals surface area contributed by atoms with Crippen molar-refractivity contribution in [2.75, 3.05) is 29.8 Å². The molecule has 3 amide bonds. The maximum Gasteiger partial charge on any atom is 0.283 e. The van der Waals surface area contributed by atoms with E-state index in [0.29, 0.717) is 22.9 Å². The summed E-state index contributed by atoms with van der Waals surface area (Å²) in [6, 6.07) is 15.7. The maximum atomic E-state index is 13.0. The number of nitrogens with zero attached hydrogens (tertiary/aromatic N) is 1. The number of benzene rings is 3. The summed E-state index contributed by atoms with van der Waals surface area (Å²) in [5.74, 6) is -0.823. The average molecular weight is 547 g/mol. The Morgan fingerprint density at radius 2 is 1.64 bits per heavy atom. The Morgan fingerprint density at radius 3 is 2.33 bits per heavy atom. The Balaban J connectivity index is 1.54. The normalized spacial score (nSPS) is 13.2. The van der Waals surface area contributed by atoms with E-state index in [0.717, 1.165) is 4.90 Å². The molecule has 2 N–H and O–H groups in total. The van der Waals surface area contributed by atoms with Gasteiger partial charge in [0, 0.05) is 17.3 Å². The molecule has 0 saturated carbocycles. The minimum absolute atomic E-state index is 0.137. The third-order valence-corrected chi connectivity index (χ3v) is 6.33. The zero-order valence-corrected chi connectivity index (χ0v) is 21.2. The van der Waals surface area contributed by atoms with Gasteiger partial charge >= 0.3 is 0 Å². The zero-order valence-electron chi connectivity index (χ0n) is 18.9. The maximum absolute atomic E-state index is 13.0. The standard InChI is InChI=1S/C25H18Cl3N3O5/c1-35-16-7-9-19(20(12-16)36-2)30-23(32)13-4-3-5-14(10-13)29-22-21(28)24(33)31(25(22)34)15-6-8-17(26)18(27)11-15/h3-12,29H,1-2H3,(H,30,32). The molecule has 36 heavy (non-hydrogen) atoms. The van der Waals surface area contributed by atoms with Gasteiger partial charge in [-0.25, -0.2) is 4.90 Å². The van der Waals surface area contributed by atoms with Crippen molar-refractivity contribution < 1.29 is 23.9 Å². The van der Waals surface area contributed by atoms with E-state index >= 15 is 0 Å². The minimum Gasteiger partial charge on any atom is -0.497 e. The number of carbonyl (C=O) groups excluding carboxylic acids is 3. The van der Waals surface area contributed by atoms with Crippen LogP contribution in [0.5, 0.6) is 11.5 Å². The number of nitrogens with one attached hydrogen (secondary N) is 2. The molecular formula is C25H18Cl3N3O5. The largest absolute Gasteiger partial charge is 0.497 e. The van der Waals surface area contributed by atoms with Crippen LogP contribution in [0, 0.1) is 0 Å². The van der Waals surface area contributed by atoms with Crippen LogP contribution in [0.15, 0.2) is 71.4 Å². The second-order valence-corrected chi connectivity index (χ2v) is 8.65. The number of imide groups is 1. The van der Waals surface area contributed by atoms with Gasteiger partial charge in [-0.15, -0.1) is 0 Å². The summed E-state index contributed by atoms with van der Waals surface area (Å²) in [7, 11) is 3.01. The van der Waals surface area contributed by atoms with Crippen molar-refractivity contribution in [3.63, 3.8) is 0 Å². The molecule has 0 unspecified atom stereocenters. The van der Waals surface area contributed by atoms with Crippen molar-refractivity contribution in [1.29, 1.82) is 0 Å². The first kappa shape index (κ1) is 25.4. The number of amides is 3. The molecule has 0 saturated heterocycles. The van der Waals surface area contributed by atoms with Gasteiger partial charge in [0.15, 0.2) is 0 Å². The second-order valence-electron chi connectivity index (χ2n) is 7.46. The topological polar surface area (TPSA) is 97.0 Å². The molecule has 4 rings (SSSR count). The van der Waals surface area contributed by atoms with Crippen LogP contribution in [-0.2, 0) is 9.59 Å². The van der Waals surface area contributed by atoms with Crippen LogP contribution in [0.1, 0.15) is 10.4 Å². The fraction of sp³-hybridized carbons (Fsp3) is 0.0800. The predicted molar refractivity (Wildman–Crippen MR) is 139 cm³/mol. The van der Waals surface area contributed by atoms with Crippen molar-refractivity contribution in [3.05, 3.63) is 87.0 Å². The average Bonchev–Trinajstić information content (AvgIpc) is 3.09. The van der Waals surface area contributed by atoms with E-state index in [1.807, 2.05) is 0 Å². The molecule has 0 aromatic heterocycles. The van der Waals surface area contributed by atoms with Gasteiger partial charge in [0.25, 0.3) is 17.7 Å². The quantitative estimate of drug-likeness (QED) is 0.369. The third-order valence-electron chi connectivity index (χ3n) is 5.24. The molecule has 0 radical (unpaired) electrons. The van der Waals surface area contributed by atoms with Gasteiger partial charge in [0.2, 0.25) is 0 Å². The summed E-state index contributed by atoms with van der Waals surface area (Å²) < 4.78 is 10.5. The SMILES string of the molecule is COc1ccc(NC(=O)c2cccc(NC3=C(Cl)C(=O)N(c4ccc(Cl)c(Cl)c4)C3=O)c2)c(OC)c1. The van der Waals surface area contributed by atoms with Gasteiger partial charge in [0.05, 0.1) is 35.6 Å². The number of carbonyl (C=O) groups is 3. The summed E-state index contributed by atoms with van der Waals surface area (Å²) in [5, 5.41) is 5.78. The van der Waals surface area contributed by atoms with E-state index in [1.54, 1.807) is 36.4 Å². The number of rotatable bonds is 7. The molecule has 1 heterocycles. The highest BCUT2D eigenvalue weighted by atomic mass is 35.5. The van der Waals surface area contributed by atoms with Crippen LogP contribution in [-0.4, -0.2) is 31.9 Å². The van der Waals surface area contributed by atoms with Crippen LogP contribution in [0.4, 0.5) is 17.1 Å². The van der Waals surface area contributed by atoms with Crippen molar-refractivity contribution >= 4 is 69.6 Å². The van der Waals surface area contributed by atoms with Crippen LogP contribution in [0.2, 0.25) is 10.0 Å². The lowest BCUT2D eigenvalue weighted by Crippen LogP contribution is -2.32. The van der Waals surface area contributed by atoms with E-state index in [4.69, 9.17) is 44.3 Å².